The number of carbonyl (C=O) groups excluding carboxylic acids is 1. The molecule has 0 aliphatic rings. The summed E-state index contributed by atoms with van der Waals surface area (Å²) in [5.74, 6) is -1.06. The number of ether oxygens (including phenoxy) is 1. The van der Waals surface area contributed by atoms with Gasteiger partial charge in [-0.3, -0.25) is 5.32 Å². The molecule has 1 rings (SSSR count). The average Bonchev–Trinajstić information content (AvgIpc) is 2.13. The van der Waals surface area contributed by atoms with Crippen LogP contribution in [0.3, 0.4) is 0 Å². The minimum Gasteiger partial charge on any atom is -0.478 e. The first kappa shape index (κ1) is 14.2. The van der Waals surface area contributed by atoms with Gasteiger partial charge in [0, 0.05) is 0 Å². The van der Waals surface area contributed by atoms with E-state index in [4.69, 9.17) is 21.4 Å². The zero-order valence-corrected chi connectivity index (χ0v) is 10.9. The third-order valence-electron chi connectivity index (χ3n) is 1.71. The van der Waals surface area contributed by atoms with E-state index in [9.17, 15) is 9.59 Å². The van der Waals surface area contributed by atoms with E-state index < -0.39 is 17.7 Å². The molecule has 1 amide bonds. The highest BCUT2D eigenvalue weighted by atomic mass is 35.5. The molecule has 1 heterocycles. The van der Waals surface area contributed by atoms with Crippen molar-refractivity contribution in [2.45, 2.75) is 26.4 Å². The topological polar surface area (TPSA) is 88.5 Å². The molecule has 1 aromatic rings. The third-order valence-corrected chi connectivity index (χ3v) is 2.00. The standard InChI is InChI=1S/C11H13ClN2O4/c1-11(2,3)18-10(17)14-7-5-4-6(9(15)16)8(12)13-7/h4-5H,1-3H3,(H,15,16)(H,13,14,17). The molecule has 0 unspecified atom stereocenters. The van der Waals surface area contributed by atoms with Gasteiger partial charge in [0.25, 0.3) is 0 Å². The van der Waals surface area contributed by atoms with Crippen LogP contribution < -0.4 is 5.32 Å². The lowest BCUT2D eigenvalue weighted by Crippen LogP contribution is -2.27. The average molecular weight is 273 g/mol. The molecule has 2 N–H and O–H groups in total. The monoisotopic (exact) mass is 272 g/mol. The van der Waals surface area contributed by atoms with Crippen LogP contribution in [0.25, 0.3) is 0 Å². The molecule has 6 nitrogen and oxygen atoms in total. The van der Waals surface area contributed by atoms with Crippen molar-refractivity contribution in [1.29, 1.82) is 0 Å². The first-order valence-corrected chi connectivity index (χ1v) is 5.46. The van der Waals surface area contributed by atoms with E-state index >= 15 is 0 Å². The normalized spacial score (nSPS) is 10.9. The second-order valence-electron chi connectivity index (χ2n) is 4.47. The lowest BCUT2D eigenvalue weighted by molar-refractivity contribution is 0.0634. The van der Waals surface area contributed by atoms with Gasteiger partial charge >= 0.3 is 12.1 Å². The van der Waals surface area contributed by atoms with Crippen molar-refractivity contribution in [3.63, 3.8) is 0 Å². The Balaban J connectivity index is 2.78. The van der Waals surface area contributed by atoms with Crippen molar-refractivity contribution in [2.24, 2.45) is 0 Å². The molecule has 0 saturated heterocycles. The lowest BCUT2D eigenvalue weighted by Gasteiger charge is -2.19. The molecule has 0 spiro atoms. The maximum Gasteiger partial charge on any atom is 0.413 e. The molecule has 0 aliphatic heterocycles. The number of hydrogen-bond acceptors (Lipinski definition) is 4. The number of carboxylic acids is 1. The molecule has 0 saturated carbocycles. The zero-order valence-electron chi connectivity index (χ0n) is 10.2. The number of hydrogen-bond donors (Lipinski definition) is 2. The van der Waals surface area contributed by atoms with E-state index in [-0.39, 0.29) is 16.5 Å². The van der Waals surface area contributed by atoms with Gasteiger partial charge in [0.15, 0.2) is 0 Å². The summed E-state index contributed by atoms with van der Waals surface area (Å²) < 4.78 is 5.01. The van der Waals surface area contributed by atoms with Gasteiger partial charge in [0.05, 0.1) is 5.56 Å². The second kappa shape index (κ2) is 5.22. The van der Waals surface area contributed by atoms with E-state index in [1.807, 2.05) is 0 Å². The van der Waals surface area contributed by atoms with E-state index in [2.05, 4.69) is 10.3 Å². The van der Waals surface area contributed by atoms with Gasteiger partial charge in [-0.2, -0.15) is 0 Å². The Hall–Kier alpha value is -1.82. The summed E-state index contributed by atoms with van der Waals surface area (Å²) in [7, 11) is 0. The minimum atomic E-state index is -1.18. The van der Waals surface area contributed by atoms with Crippen LogP contribution in [-0.4, -0.2) is 27.8 Å². The molecule has 0 aromatic carbocycles. The number of rotatable bonds is 2. The highest BCUT2D eigenvalue weighted by Gasteiger charge is 2.17. The Labute approximate surface area is 109 Å². The van der Waals surface area contributed by atoms with Crippen molar-refractivity contribution in [3.05, 3.63) is 22.8 Å². The van der Waals surface area contributed by atoms with E-state index in [0.717, 1.165) is 0 Å². The number of anilines is 1. The summed E-state index contributed by atoms with van der Waals surface area (Å²) in [5, 5.41) is 10.9. The highest BCUT2D eigenvalue weighted by molar-refractivity contribution is 6.32. The predicted molar refractivity (Wildman–Crippen MR) is 66.1 cm³/mol. The van der Waals surface area contributed by atoms with Crippen molar-refractivity contribution < 1.29 is 19.4 Å². The molecule has 98 valence electrons. The number of carboxylic acid groups (broad SMARTS) is 1. The SMILES string of the molecule is CC(C)(C)OC(=O)Nc1ccc(C(=O)O)c(Cl)n1. The van der Waals surface area contributed by atoms with Crippen molar-refractivity contribution in [1.82, 2.24) is 4.98 Å². The first-order chi connectivity index (χ1) is 8.19. The number of pyridine rings is 1. The molecule has 0 fully saturated rings. The van der Waals surface area contributed by atoms with Gasteiger partial charge in [-0.1, -0.05) is 11.6 Å². The maximum absolute atomic E-state index is 11.4. The molecule has 18 heavy (non-hydrogen) atoms. The van der Waals surface area contributed by atoms with Crippen LogP contribution >= 0.6 is 11.6 Å². The summed E-state index contributed by atoms with van der Waals surface area (Å²) in [4.78, 5) is 25.9. The molecule has 1 aromatic heterocycles. The summed E-state index contributed by atoms with van der Waals surface area (Å²) in [6, 6.07) is 2.59. The molecular formula is C11H13ClN2O4. The number of nitrogens with one attached hydrogen (secondary N) is 1. The van der Waals surface area contributed by atoms with E-state index in [1.54, 1.807) is 20.8 Å². The molecule has 0 atom stereocenters. The Morgan fingerprint density at radius 2 is 2.00 bits per heavy atom. The molecule has 7 heteroatoms. The molecule has 0 radical (unpaired) electrons. The highest BCUT2D eigenvalue weighted by Crippen LogP contribution is 2.17. The fraction of sp³-hybridized carbons (Fsp3) is 0.364. The minimum absolute atomic E-state index is 0.124. The summed E-state index contributed by atoms with van der Waals surface area (Å²) in [6.07, 6.45) is -0.686. The predicted octanol–water partition coefficient (Wildman–Crippen LogP) is 2.78. The van der Waals surface area contributed by atoms with Gasteiger partial charge in [-0.15, -0.1) is 0 Å². The van der Waals surface area contributed by atoms with Gasteiger partial charge < -0.3 is 9.84 Å². The number of amides is 1. The quantitative estimate of drug-likeness (QED) is 0.808. The Bertz CT molecular complexity index is 482. The Morgan fingerprint density at radius 3 is 2.44 bits per heavy atom. The van der Waals surface area contributed by atoms with Crippen LogP contribution in [0.15, 0.2) is 12.1 Å². The van der Waals surface area contributed by atoms with Crippen LogP contribution in [-0.2, 0) is 4.74 Å². The fourth-order valence-corrected chi connectivity index (χ4v) is 1.31. The molecule has 0 aliphatic carbocycles. The molecular weight excluding hydrogens is 260 g/mol. The van der Waals surface area contributed by atoms with Crippen LogP contribution in [0, 0.1) is 0 Å². The van der Waals surface area contributed by atoms with Gasteiger partial charge in [-0.05, 0) is 32.9 Å². The molecule has 0 bridgehead atoms. The van der Waals surface area contributed by atoms with Gasteiger partial charge in [-0.25, -0.2) is 14.6 Å². The van der Waals surface area contributed by atoms with Gasteiger partial charge in [0.1, 0.15) is 16.6 Å². The lowest BCUT2D eigenvalue weighted by atomic mass is 10.2. The van der Waals surface area contributed by atoms with E-state index in [1.165, 1.54) is 12.1 Å². The summed E-state index contributed by atoms with van der Waals surface area (Å²) in [6.45, 7) is 5.17. The smallest absolute Gasteiger partial charge is 0.413 e. The summed E-state index contributed by atoms with van der Waals surface area (Å²) in [5.41, 5.74) is -0.763. The third kappa shape index (κ3) is 4.21. The zero-order chi connectivity index (χ0) is 13.9. The van der Waals surface area contributed by atoms with Crippen LogP contribution in [0.5, 0.6) is 0 Å². The van der Waals surface area contributed by atoms with Crippen LogP contribution in [0.4, 0.5) is 10.6 Å². The Morgan fingerprint density at radius 1 is 1.39 bits per heavy atom. The number of nitrogens with zero attached hydrogens (tertiary/aromatic N) is 1. The number of aromatic carboxylic acids is 1. The van der Waals surface area contributed by atoms with Crippen molar-refractivity contribution in [3.8, 4) is 0 Å². The number of carbonyl (C=O) groups is 2. The largest absolute Gasteiger partial charge is 0.478 e. The van der Waals surface area contributed by atoms with Crippen LogP contribution in [0.1, 0.15) is 31.1 Å². The fourth-order valence-electron chi connectivity index (χ4n) is 1.07. The Kier molecular flexibility index (Phi) is 4.13. The summed E-state index contributed by atoms with van der Waals surface area (Å²) >= 11 is 5.66. The van der Waals surface area contributed by atoms with Crippen LogP contribution in [0.2, 0.25) is 5.15 Å². The van der Waals surface area contributed by atoms with Gasteiger partial charge in [0.2, 0.25) is 0 Å². The van der Waals surface area contributed by atoms with Crippen molar-refractivity contribution in [2.75, 3.05) is 5.32 Å². The van der Waals surface area contributed by atoms with E-state index in [0.29, 0.717) is 0 Å². The number of aromatic nitrogens is 1. The second-order valence-corrected chi connectivity index (χ2v) is 4.82. The first-order valence-electron chi connectivity index (χ1n) is 5.09. The number of halogens is 1. The van der Waals surface area contributed by atoms with Crippen molar-refractivity contribution >= 4 is 29.5 Å². The maximum atomic E-state index is 11.4.